The summed E-state index contributed by atoms with van der Waals surface area (Å²) >= 11 is 9.55. The number of hydrogen-bond donors (Lipinski definition) is 1. The number of imidazole rings is 1. The summed E-state index contributed by atoms with van der Waals surface area (Å²) in [5.41, 5.74) is 2.04. The normalized spacial score (nSPS) is 14.3. The summed E-state index contributed by atoms with van der Waals surface area (Å²) in [5.74, 6) is 0.756. The summed E-state index contributed by atoms with van der Waals surface area (Å²) in [6.07, 6.45) is 6.29. The molecule has 0 amide bonds. The summed E-state index contributed by atoms with van der Waals surface area (Å²) in [4.78, 5) is 4.23. The van der Waals surface area contributed by atoms with Gasteiger partial charge in [0.1, 0.15) is 0 Å². The van der Waals surface area contributed by atoms with E-state index < -0.39 is 0 Å². The number of nitrogens with one attached hydrogen (secondary N) is 1. The third-order valence-electron chi connectivity index (χ3n) is 3.36. The highest BCUT2D eigenvalue weighted by Crippen LogP contribution is 2.38. The first-order chi connectivity index (χ1) is 9.69. The standard InChI is InChI=1S/C14H15BrClN3O/c1-20-14-12(15)4-9(16)5-13(14)18-7-11-6-17-8-19(11)10-2-3-10/h4-6,8,10,18H,2-3,7H2,1H3. The molecule has 106 valence electrons. The number of benzene rings is 1. The van der Waals surface area contributed by atoms with Gasteiger partial charge in [0.05, 0.1) is 35.8 Å². The molecular weight excluding hydrogens is 342 g/mol. The molecule has 0 spiro atoms. The highest BCUT2D eigenvalue weighted by Gasteiger charge is 2.25. The van der Waals surface area contributed by atoms with Gasteiger partial charge < -0.3 is 14.6 Å². The molecule has 1 aromatic heterocycles. The summed E-state index contributed by atoms with van der Waals surface area (Å²) in [7, 11) is 1.65. The molecule has 0 atom stereocenters. The van der Waals surface area contributed by atoms with Crippen molar-refractivity contribution in [1.29, 1.82) is 0 Å². The van der Waals surface area contributed by atoms with Crippen LogP contribution in [0.15, 0.2) is 29.1 Å². The first kappa shape index (κ1) is 13.8. The van der Waals surface area contributed by atoms with Crippen molar-refractivity contribution in [2.75, 3.05) is 12.4 Å². The monoisotopic (exact) mass is 355 g/mol. The third-order valence-corrected chi connectivity index (χ3v) is 4.17. The molecule has 0 unspecified atom stereocenters. The predicted molar refractivity (Wildman–Crippen MR) is 83.5 cm³/mol. The molecule has 1 aliphatic rings. The largest absolute Gasteiger partial charge is 0.493 e. The predicted octanol–water partition coefficient (Wildman–Crippen LogP) is 4.25. The molecule has 2 aromatic rings. The van der Waals surface area contributed by atoms with Crippen LogP contribution in [0.3, 0.4) is 0 Å². The summed E-state index contributed by atoms with van der Waals surface area (Å²) < 4.78 is 8.47. The van der Waals surface area contributed by atoms with Gasteiger partial charge in [-0.05, 0) is 40.9 Å². The van der Waals surface area contributed by atoms with E-state index in [0.29, 0.717) is 17.6 Å². The van der Waals surface area contributed by atoms with Crippen molar-refractivity contribution in [3.63, 3.8) is 0 Å². The lowest BCUT2D eigenvalue weighted by atomic mass is 10.3. The fraction of sp³-hybridized carbons (Fsp3) is 0.357. The van der Waals surface area contributed by atoms with Gasteiger partial charge >= 0.3 is 0 Å². The lowest BCUT2D eigenvalue weighted by Crippen LogP contribution is -2.07. The number of rotatable bonds is 5. The Hall–Kier alpha value is -1.20. The Balaban J connectivity index is 1.79. The Morgan fingerprint density at radius 2 is 2.30 bits per heavy atom. The number of anilines is 1. The van der Waals surface area contributed by atoms with Crippen LogP contribution in [-0.4, -0.2) is 16.7 Å². The lowest BCUT2D eigenvalue weighted by molar-refractivity contribution is 0.414. The van der Waals surface area contributed by atoms with Crippen LogP contribution in [-0.2, 0) is 6.54 Å². The zero-order valence-electron chi connectivity index (χ0n) is 11.1. The molecule has 6 heteroatoms. The van der Waals surface area contributed by atoms with Gasteiger partial charge in [-0.1, -0.05) is 11.6 Å². The second kappa shape index (κ2) is 5.66. The highest BCUT2D eigenvalue weighted by molar-refractivity contribution is 9.10. The molecule has 20 heavy (non-hydrogen) atoms. The molecule has 1 fully saturated rings. The Morgan fingerprint density at radius 3 is 3.00 bits per heavy atom. The van der Waals surface area contributed by atoms with Crippen molar-refractivity contribution in [3.05, 3.63) is 39.8 Å². The van der Waals surface area contributed by atoms with Gasteiger partial charge in [-0.15, -0.1) is 0 Å². The minimum absolute atomic E-state index is 0.627. The number of nitrogens with zero attached hydrogens (tertiary/aromatic N) is 2. The van der Waals surface area contributed by atoms with Crippen molar-refractivity contribution in [1.82, 2.24) is 9.55 Å². The molecule has 0 radical (unpaired) electrons. The maximum Gasteiger partial charge on any atom is 0.156 e. The van der Waals surface area contributed by atoms with Crippen molar-refractivity contribution in [2.45, 2.75) is 25.4 Å². The maximum absolute atomic E-state index is 6.09. The average molecular weight is 357 g/mol. The molecule has 1 heterocycles. The minimum Gasteiger partial charge on any atom is -0.493 e. The van der Waals surface area contributed by atoms with Crippen LogP contribution in [0.1, 0.15) is 24.6 Å². The zero-order valence-corrected chi connectivity index (χ0v) is 13.4. The number of halogens is 2. The van der Waals surface area contributed by atoms with E-state index in [-0.39, 0.29) is 0 Å². The zero-order chi connectivity index (χ0) is 14.1. The van der Waals surface area contributed by atoms with E-state index in [2.05, 4.69) is 30.8 Å². The lowest BCUT2D eigenvalue weighted by Gasteiger charge is -2.14. The van der Waals surface area contributed by atoms with Crippen molar-refractivity contribution in [3.8, 4) is 5.75 Å². The Kier molecular flexibility index (Phi) is 3.89. The minimum atomic E-state index is 0.627. The van der Waals surface area contributed by atoms with E-state index in [1.807, 2.05) is 24.7 Å². The number of hydrogen-bond acceptors (Lipinski definition) is 3. The van der Waals surface area contributed by atoms with Crippen LogP contribution in [0.25, 0.3) is 0 Å². The maximum atomic E-state index is 6.09. The number of methoxy groups -OCH3 is 1. The first-order valence-corrected chi connectivity index (χ1v) is 7.63. The molecule has 1 aromatic carbocycles. The van der Waals surface area contributed by atoms with E-state index in [0.717, 1.165) is 15.9 Å². The Morgan fingerprint density at radius 1 is 1.50 bits per heavy atom. The second-order valence-electron chi connectivity index (χ2n) is 4.85. The number of aromatic nitrogens is 2. The molecular formula is C14H15BrClN3O. The summed E-state index contributed by atoms with van der Waals surface area (Å²) in [5, 5.41) is 4.03. The van der Waals surface area contributed by atoms with Gasteiger partial charge in [0, 0.05) is 17.3 Å². The van der Waals surface area contributed by atoms with Crippen molar-refractivity contribution < 1.29 is 4.74 Å². The van der Waals surface area contributed by atoms with E-state index in [1.54, 1.807) is 7.11 Å². The van der Waals surface area contributed by atoms with Crippen molar-refractivity contribution >= 4 is 33.2 Å². The van der Waals surface area contributed by atoms with Crippen LogP contribution >= 0.6 is 27.5 Å². The first-order valence-electron chi connectivity index (χ1n) is 6.46. The van der Waals surface area contributed by atoms with Crippen LogP contribution in [0.5, 0.6) is 5.75 Å². The molecule has 1 saturated carbocycles. The highest BCUT2D eigenvalue weighted by atomic mass is 79.9. The molecule has 1 N–H and O–H groups in total. The summed E-state index contributed by atoms with van der Waals surface area (Å²) in [6, 6.07) is 4.31. The quantitative estimate of drug-likeness (QED) is 0.870. The van der Waals surface area contributed by atoms with Gasteiger partial charge in [0.2, 0.25) is 0 Å². The van der Waals surface area contributed by atoms with E-state index in [1.165, 1.54) is 18.5 Å². The fourth-order valence-electron chi connectivity index (χ4n) is 2.24. The topological polar surface area (TPSA) is 39.1 Å². The third kappa shape index (κ3) is 2.79. The molecule has 1 aliphatic carbocycles. The van der Waals surface area contributed by atoms with Gasteiger partial charge in [-0.25, -0.2) is 4.98 Å². The van der Waals surface area contributed by atoms with Crippen LogP contribution in [0.2, 0.25) is 5.02 Å². The number of ether oxygens (including phenoxy) is 1. The molecule has 0 saturated heterocycles. The van der Waals surface area contributed by atoms with Gasteiger partial charge in [-0.3, -0.25) is 0 Å². The second-order valence-corrected chi connectivity index (χ2v) is 6.14. The van der Waals surface area contributed by atoms with E-state index >= 15 is 0 Å². The van der Waals surface area contributed by atoms with Gasteiger partial charge in [-0.2, -0.15) is 0 Å². The fourth-order valence-corrected chi connectivity index (χ4v) is 3.21. The molecule has 3 rings (SSSR count). The molecule has 0 bridgehead atoms. The SMILES string of the molecule is COc1c(Br)cc(Cl)cc1NCc1cncn1C1CC1. The molecule has 4 nitrogen and oxygen atoms in total. The van der Waals surface area contributed by atoms with Gasteiger partial charge in [0.25, 0.3) is 0 Å². The van der Waals surface area contributed by atoms with E-state index in [4.69, 9.17) is 16.3 Å². The van der Waals surface area contributed by atoms with E-state index in [9.17, 15) is 0 Å². The van der Waals surface area contributed by atoms with Crippen LogP contribution in [0.4, 0.5) is 5.69 Å². The summed E-state index contributed by atoms with van der Waals surface area (Å²) in [6.45, 7) is 0.694. The van der Waals surface area contributed by atoms with Crippen molar-refractivity contribution in [2.24, 2.45) is 0 Å². The molecule has 0 aliphatic heterocycles. The van der Waals surface area contributed by atoms with Gasteiger partial charge in [0.15, 0.2) is 5.75 Å². The van der Waals surface area contributed by atoms with Crippen LogP contribution < -0.4 is 10.1 Å². The smallest absolute Gasteiger partial charge is 0.156 e. The average Bonchev–Trinajstić information content (AvgIpc) is 3.15. The van der Waals surface area contributed by atoms with Crippen LogP contribution in [0, 0.1) is 0 Å². The Labute approximate surface area is 131 Å². The Bertz CT molecular complexity index is 625.